The smallest absolute Gasteiger partial charge is 0.351 e. The van der Waals surface area contributed by atoms with Crippen molar-refractivity contribution < 1.29 is 28.2 Å². The molecule has 1 aliphatic heterocycles. The molecule has 2 aromatic rings. The lowest BCUT2D eigenvalue weighted by Crippen LogP contribution is -2.48. The predicted molar refractivity (Wildman–Crippen MR) is 108 cm³/mol. The summed E-state index contributed by atoms with van der Waals surface area (Å²) in [5, 5.41) is 0.387. The summed E-state index contributed by atoms with van der Waals surface area (Å²) in [6.07, 6.45) is 1.54. The lowest BCUT2D eigenvalue weighted by atomic mass is 9.66. The minimum absolute atomic E-state index is 0.165. The monoisotopic (exact) mass is 414 g/mol. The number of carbonyl (C=O) groups excluding carboxylic acids is 2. The van der Waals surface area contributed by atoms with E-state index in [0.29, 0.717) is 47.3 Å². The van der Waals surface area contributed by atoms with Crippen LogP contribution < -0.4 is 10.2 Å². The minimum atomic E-state index is -1.31. The highest BCUT2D eigenvalue weighted by Gasteiger charge is 2.76. The molecule has 160 valence electrons. The van der Waals surface area contributed by atoms with E-state index in [4.69, 9.17) is 18.6 Å². The van der Waals surface area contributed by atoms with Crippen molar-refractivity contribution in [1.29, 1.82) is 0 Å². The number of carbonyl (C=O) groups is 2. The summed E-state index contributed by atoms with van der Waals surface area (Å²) in [4.78, 5) is 38.1. The third kappa shape index (κ3) is 2.47. The van der Waals surface area contributed by atoms with E-state index in [-0.39, 0.29) is 18.0 Å². The first-order chi connectivity index (χ1) is 14.1. The van der Waals surface area contributed by atoms with Gasteiger partial charge in [0.25, 0.3) is 0 Å². The molecule has 1 aliphatic carbocycles. The Labute approximate surface area is 174 Å². The minimum Gasteiger partial charge on any atom is -0.496 e. The molecule has 30 heavy (non-hydrogen) atoms. The van der Waals surface area contributed by atoms with Gasteiger partial charge in [-0.3, -0.25) is 9.59 Å². The zero-order chi connectivity index (χ0) is 21.9. The van der Waals surface area contributed by atoms with Crippen molar-refractivity contribution in [1.82, 2.24) is 0 Å². The van der Waals surface area contributed by atoms with E-state index in [9.17, 15) is 14.4 Å². The Bertz CT molecular complexity index is 1110. The van der Waals surface area contributed by atoms with Gasteiger partial charge < -0.3 is 18.6 Å². The maximum absolute atomic E-state index is 13.2. The van der Waals surface area contributed by atoms with E-state index in [1.807, 2.05) is 27.7 Å². The van der Waals surface area contributed by atoms with Crippen LogP contribution in [0.5, 0.6) is 5.75 Å². The zero-order valence-electron chi connectivity index (χ0n) is 17.9. The molecule has 2 heterocycles. The summed E-state index contributed by atoms with van der Waals surface area (Å²) in [5.74, 6) is 0.0274. The number of hydrogen-bond acceptors (Lipinski definition) is 7. The molecule has 0 radical (unpaired) electrons. The first kappa shape index (κ1) is 20.4. The lowest BCUT2D eigenvalue weighted by molar-refractivity contribution is -0.184. The Morgan fingerprint density at radius 2 is 1.90 bits per heavy atom. The van der Waals surface area contributed by atoms with Crippen molar-refractivity contribution in [3.8, 4) is 5.75 Å². The van der Waals surface area contributed by atoms with Gasteiger partial charge in [0.05, 0.1) is 23.5 Å². The molecule has 0 unspecified atom stereocenters. The third-order valence-electron chi connectivity index (χ3n) is 7.34. The molecule has 7 heteroatoms. The topological polar surface area (TPSA) is 92.0 Å². The molecule has 0 N–H and O–H groups in total. The molecule has 1 saturated heterocycles. The van der Waals surface area contributed by atoms with Gasteiger partial charge in [-0.05, 0) is 31.9 Å². The second-order valence-electron chi connectivity index (χ2n) is 8.80. The highest BCUT2D eigenvalue weighted by atomic mass is 16.6. The van der Waals surface area contributed by atoms with Crippen LogP contribution in [0.15, 0.2) is 27.4 Å². The van der Waals surface area contributed by atoms with Gasteiger partial charge in [0.15, 0.2) is 5.43 Å². The van der Waals surface area contributed by atoms with Crippen LogP contribution in [0.2, 0.25) is 0 Å². The quantitative estimate of drug-likeness (QED) is 0.691. The Hall–Kier alpha value is -2.83. The first-order valence-electron chi connectivity index (χ1n) is 10.1. The van der Waals surface area contributed by atoms with E-state index < -0.39 is 22.4 Å². The SMILES string of the molecule is CCc1cc(=O)c2ccc(OC)c(COC(=O)[C@@]34CC[C@@](C)(C(=O)O3)C4(C)C)c2o1. The van der Waals surface area contributed by atoms with Crippen LogP contribution in [0, 0.1) is 10.8 Å². The van der Waals surface area contributed by atoms with Crippen LogP contribution in [0.4, 0.5) is 0 Å². The molecule has 2 fully saturated rings. The van der Waals surface area contributed by atoms with E-state index in [2.05, 4.69) is 0 Å². The fraction of sp³-hybridized carbons (Fsp3) is 0.522. The molecule has 1 aromatic heterocycles. The van der Waals surface area contributed by atoms with Gasteiger partial charge in [0.2, 0.25) is 5.60 Å². The van der Waals surface area contributed by atoms with Crippen molar-refractivity contribution >= 4 is 22.9 Å². The Morgan fingerprint density at radius 3 is 2.47 bits per heavy atom. The molecule has 4 rings (SSSR count). The fourth-order valence-corrected chi connectivity index (χ4v) is 4.76. The molecular weight excluding hydrogens is 388 g/mol. The summed E-state index contributed by atoms with van der Waals surface area (Å²) in [6, 6.07) is 4.75. The number of methoxy groups -OCH3 is 1. The lowest BCUT2D eigenvalue weighted by Gasteiger charge is -2.34. The first-order valence-corrected chi connectivity index (χ1v) is 10.1. The summed E-state index contributed by atoms with van der Waals surface area (Å²) in [5.41, 5.74) is -2.09. The van der Waals surface area contributed by atoms with Crippen molar-refractivity contribution in [3.05, 3.63) is 39.7 Å². The second-order valence-corrected chi connectivity index (χ2v) is 8.80. The van der Waals surface area contributed by atoms with E-state index in [1.165, 1.54) is 13.2 Å². The highest BCUT2D eigenvalue weighted by molar-refractivity contribution is 5.93. The van der Waals surface area contributed by atoms with Gasteiger partial charge in [0, 0.05) is 17.9 Å². The maximum atomic E-state index is 13.2. The molecule has 1 aromatic carbocycles. The average molecular weight is 414 g/mol. The molecule has 0 spiro atoms. The fourth-order valence-electron chi connectivity index (χ4n) is 4.76. The van der Waals surface area contributed by atoms with Gasteiger partial charge in [-0.15, -0.1) is 0 Å². The van der Waals surface area contributed by atoms with Crippen LogP contribution in [0.3, 0.4) is 0 Å². The Kier molecular flexibility index (Phi) is 4.49. The van der Waals surface area contributed by atoms with Gasteiger partial charge in [-0.1, -0.05) is 20.8 Å². The number of benzene rings is 1. The standard InChI is InChI=1S/C23H26O7/c1-6-13-11-16(24)14-7-8-17(27-5)15(18(14)29-13)12-28-20(26)23-10-9-22(4,19(25)30-23)21(23,2)3/h7-8,11H,6,9-10,12H2,1-5H3/t22-,23+/m0/s1. The number of hydrogen-bond donors (Lipinski definition) is 0. The predicted octanol–water partition coefficient (Wildman–Crippen LogP) is 3.53. The summed E-state index contributed by atoms with van der Waals surface area (Å²) >= 11 is 0. The summed E-state index contributed by atoms with van der Waals surface area (Å²) in [6.45, 7) is 7.30. The zero-order valence-corrected chi connectivity index (χ0v) is 17.9. The molecule has 0 amide bonds. The van der Waals surface area contributed by atoms with Gasteiger partial charge in [-0.25, -0.2) is 4.79 Å². The molecule has 2 aliphatic rings. The number of esters is 2. The third-order valence-corrected chi connectivity index (χ3v) is 7.34. The molecule has 2 bridgehead atoms. The summed E-state index contributed by atoms with van der Waals surface area (Å²) in [7, 11) is 1.50. The van der Waals surface area contributed by atoms with Crippen LogP contribution in [0.1, 0.15) is 51.9 Å². The maximum Gasteiger partial charge on any atom is 0.351 e. The number of ether oxygens (including phenoxy) is 3. The Balaban J connectivity index is 1.71. The molecule has 1 saturated carbocycles. The molecular formula is C23H26O7. The van der Waals surface area contributed by atoms with Crippen LogP contribution in [-0.4, -0.2) is 24.6 Å². The van der Waals surface area contributed by atoms with Crippen molar-refractivity contribution in [2.45, 2.75) is 59.2 Å². The van der Waals surface area contributed by atoms with Crippen LogP contribution >= 0.6 is 0 Å². The van der Waals surface area contributed by atoms with Gasteiger partial charge >= 0.3 is 11.9 Å². The van der Waals surface area contributed by atoms with Crippen LogP contribution in [0.25, 0.3) is 11.0 Å². The number of aryl methyl sites for hydroxylation is 1. The number of rotatable bonds is 5. The number of fused-ring (bicyclic) bond motifs is 3. The van der Waals surface area contributed by atoms with Crippen molar-refractivity contribution in [2.24, 2.45) is 10.8 Å². The summed E-state index contributed by atoms with van der Waals surface area (Å²) < 4.78 is 22.6. The Morgan fingerprint density at radius 1 is 1.17 bits per heavy atom. The van der Waals surface area contributed by atoms with Crippen LogP contribution in [-0.2, 0) is 32.1 Å². The van der Waals surface area contributed by atoms with E-state index in [1.54, 1.807) is 12.1 Å². The van der Waals surface area contributed by atoms with E-state index in [0.717, 1.165) is 0 Å². The van der Waals surface area contributed by atoms with E-state index >= 15 is 0 Å². The largest absolute Gasteiger partial charge is 0.496 e. The van der Waals surface area contributed by atoms with Crippen molar-refractivity contribution in [2.75, 3.05) is 7.11 Å². The molecule has 7 nitrogen and oxygen atoms in total. The normalized spacial score (nSPS) is 26.6. The van der Waals surface area contributed by atoms with Crippen molar-refractivity contribution in [3.63, 3.8) is 0 Å². The van der Waals surface area contributed by atoms with Gasteiger partial charge in [0.1, 0.15) is 23.7 Å². The molecule has 2 atom stereocenters. The van der Waals surface area contributed by atoms with Gasteiger partial charge in [-0.2, -0.15) is 0 Å². The second kappa shape index (κ2) is 6.59. The highest BCUT2D eigenvalue weighted by Crippen LogP contribution is 2.65. The average Bonchev–Trinajstić information content (AvgIpc) is 3.01.